The molecule has 0 amide bonds. The number of sulfonamides is 1. The van der Waals surface area contributed by atoms with Crippen LogP contribution in [0.4, 0.5) is 0 Å². The number of nitrogens with one attached hydrogen (secondary N) is 1. The van der Waals surface area contributed by atoms with Crippen LogP contribution < -0.4 is 4.72 Å². The van der Waals surface area contributed by atoms with Gasteiger partial charge in [-0.25, -0.2) is 18.1 Å². The van der Waals surface area contributed by atoms with Crippen molar-refractivity contribution in [3.63, 3.8) is 0 Å². The molecule has 0 unspecified atom stereocenters. The number of nitrogens with zero attached hydrogens (tertiary/aromatic N) is 2. The van der Waals surface area contributed by atoms with Crippen LogP contribution in [-0.4, -0.2) is 19.4 Å². The van der Waals surface area contributed by atoms with Crippen molar-refractivity contribution in [1.29, 1.82) is 5.26 Å². The van der Waals surface area contributed by atoms with E-state index in [4.69, 9.17) is 5.26 Å². The summed E-state index contributed by atoms with van der Waals surface area (Å²) in [5.74, 6) is 0.585. The van der Waals surface area contributed by atoms with E-state index in [0.717, 1.165) is 12.8 Å². The number of rotatable bonds is 3. The Balaban J connectivity index is 2.12. The van der Waals surface area contributed by atoms with Crippen molar-refractivity contribution in [2.45, 2.75) is 30.7 Å². The molecule has 1 heterocycles. The normalized spacial score (nSPS) is 23.8. The molecule has 0 radical (unpaired) electrons. The fourth-order valence-corrected chi connectivity index (χ4v) is 3.10. The Labute approximate surface area is 101 Å². The molecule has 0 spiro atoms. The molecule has 1 aliphatic rings. The number of hydrogen-bond donors (Lipinski definition) is 1. The second-order valence-electron chi connectivity index (χ2n) is 4.39. The van der Waals surface area contributed by atoms with Crippen molar-refractivity contribution in [2.24, 2.45) is 5.92 Å². The topological polar surface area (TPSA) is 82.9 Å². The first-order chi connectivity index (χ1) is 8.01. The highest BCUT2D eigenvalue weighted by molar-refractivity contribution is 7.89. The predicted octanol–water partition coefficient (Wildman–Crippen LogP) is 1.03. The quantitative estimate of drug-likeness (QED) is 0.869. The lowest BCUT2D eigenvalue weighted by Crippen LogP contribution is -2.43. The predicted molar refractivity (Wildman–Crippen MR) is 61.5 cm³/mol. The summed E-state index contributed by atoms with van der Waals surface area (Å²) in [7, 11) is -3.49. The van der Waals surface area contributed by atoms with Gasteiger partial charge in [0.15, 0.2) is 0 Å². The second-order valence-corrected chi connectivity index (χ2v) is 6.10. The molecule has 0 saturated heterocycles. The van der Waals surface area contributed by atoms with E-state index in [1.807, 2.05) is 6.07 Å². The molecule has 90 valence electrons. The third kappa shape index (κ3) is 2.62. The van der Waals surface area contributed by atoms with E-state index in [9.17, 15) is 8.42 Å². The lowest BCUT2D eigenvalue weighted by atomic mass is 9.83. The molecule has 1 aromatic heterocycles. The summed E-state index contributed by atoms with van der Waals surface area (Å²) >= 11 is 0. The zero-order valence-electron chi connectivity index (χ0n) is 9.42. The van der Waals surface area contributed by atoms with Crippen LogP contribution in [0.15, 0.2) is 23.2 Å². The Kier molecular flexibility index (Phi) is 3.13. The lowest BCUT2D eigenvalue weighted by molar-refractivity contribution is 0.270. The van der Waals surface area contributed by atoms with Crippen molar-refractivity contribution in [3.8, 4) is 6.07 Å². The Morgan fingerprint density at radius 1 is 1.47 bits per heavy atom. The standard InChI is InChI=1S/C11H13N3O2S/c1-8-4-10(5-8)14-17(15,16)11-3-2-9(6-12)13-7-11/h2-3,7-8,10,14H,4-5H2,1H3. The minimum Gasteiger partial charge on any atom is -0.244 e. The van der Waals surface area contributed by atoms with Gasteiger partial charge >= 0.3 is 0 Å². The molecule has 0 atom stereocenters. The molecule has 17 heavy (non-hydrogen) atoms. The van der Waals surface area contributed by atoms with Crippen molar-refractivity contribution >= 4 is 10.0 Å². The zero-order chi connectivity index (χ0) is 12.5. The third-order valence-electron chi connectivity index (χ3n) is 2.86. The first-order valence-electron chi connectivity index (χ1n) is 5.40. The maximum Gasteiger partial charge on any atom is 0.242 e. The summed E-state index contributed by atoms with van der Waals surface area (Å²) in [6, 6.07) is 4.68. The first-order valence-corrected chi connectivity index (χ1v) is 6.88. The van der Waals surface area contributed by atoms with Crippen molar-refractivity contribution in [1.82, 2.24) is 9.71 Å². The van der Waals surface area contributed by atoms with Crippen LogP contribution in [0.2, 0.25) is 0 Å². The molecule has 6 heteroatoms. The molecular weight excluding hydrogens is 238 g/mol. The van der Waals surface area contributed by atoms with Gasteiger partial charge in [-0.1, -0.05) is 6.92 Å². The summed E-state index contributed by atoms with van der Waals surface area (Å²) in [5.41, 5.74) is 0.209. The van der Waals surface area contributed by atoms with Gasteiger partial charge in [0.25, 0.3) is 0 Å². The monoisotopic (exact) mass is 251 g/mol. The number of hydrogen-bond acceptors (Lipinski definition) is 4. The molecule has 1 N–H and O–H groups in total. The fraction of sp³-hybridized carbons (Fsp3) is 0.455. The Bertz CT molecular complexity index is 539. The van der Waals surface area contributed by atoms with Gasteiger partial charge in [-0.05, 0) is 30.9 Å². The fourth-order valence-electron chi connectivity index (χ4n) is 1.89. The number of aromatic nitrogens is 1. The Morgan fingerprint density at radius 2 is 2.18 bits per heavy atom. The average molecular weight is 251 g/mol. The summed E-state index contributed by atoms with van der Waals surface area (Å²) in [6.45, 7) is 2.09. The van der Waals surface area contributed by atoms with Gasteiger partial charge in [0.1, 0.15) is 16.7 Å². The van der Waals surface area contributed by atoms with E-state index < -0.39 is 10.0 Å². The summed E-state index contributed by atoms with van der Waals surface area (Å²) in [5, 5.41) is 8.58. The maximum absolute atomic E-state index is 11.9. The van der Waals surface area contributed by atoms with E-state index in [2.05, 4.69) is 16.6 Å². The van der Waals surface area contributed by atoms with Crippen LogP contribution in [0, 0.1) is 17.2 Å². The van der Waals surface area contributed by atoms with Crippen LogP contribution in [0.25, 0.3) is 0 Å². The van der Waals surface area contributed by atoms with Gasteiger partial charge in [-0.3, -0.25) is 0 Å². The second kappa shape index (κ2) is 4.43. The highest BCUT2D eigenvalue weighted by Crippen LogP contribution is 2.27. The van der Waals surface area contributed by atoms with E-state index >= 15 is 0 Å². The van der Waals surface area contributed by atoms with Gasteiger partial charge in [-0.15, -0.1) is 0 Å². The van der Waals surface area contributed by atoms with E-state index in [1.54, 1.807) is 0 Å². The van der Waals surface area contributed by atoms with Crippen molar-refractivity contribution in [3.05, 3.63) is 24.0 Å². The van der Waals surface area contributed by atoms with Crippen LogP contribution in [0.1, 0.15) is 25.5 Å². The molecule has 1 aliphatic carbocycles. The average Bonchev–Trinajstić information content (AvgIpc) is 2.27. The summed E-state index contributed by atoms with van der Waals surface area (Å²) in [4.78, 5) is 3.86. The van der Waals surface area contributed by atoms with E-state index in [0.29, 0.717) is 5.92 Å². The largest absolute Gasteiger partial charge is 0.244 e. The van der Waals surface area contributed by atoms with Gasteiger partial charge in [0.2, 0.25) is 10.0 Å². The van der Waals surface area contributed by atoms with Gasteiger partial charge in [0, 0.05) is 12.2 Å². The van der Waals surface area contributed by atoms with E-state index in [1.165, 1.54) is 18.3 Å². The SMILES string of the molecule is CC1CC(NS(=O)(=O)c2ccc(C#N)nc2)C1. The van der Waals surface area contributed by atoms with Crippen LogP contribution in [0.5, 0.6) is 0 Å². The molecule has 2 rings (SSSR count). The number of pyridine rings is 1. The molecule has 0 aromatic carbocycles. The van der Waals surface area contributed by atoms with E-state index in [-0.39, 0.29) is 16.6 Å². The molecule has 5 nitrogen and oxygen atoms in total. The molecule has 1 fully saturated rings. The Morgan fingerprint density at radius 3 is 2.65 bits per heavy atom. The van der Waals surface area contributed by atoms with Crippen molar-refractivity contribution < 1.29 is 8.42 Å². The number of nitriles is 1. The summed E-state index contributed by atoms with van der Waals surface area (Å²) in [6.07, 6.45) is 2.97. The van der Waals surface area contributed by atoms with Gasteiger partial charge < -0.3 is 0 Å². The minimum atomic E-state index is -3.49. The molecule has 1 aromatic rings. The Hall–Kier alpha value is -1.45. The van der Waals surface area contributed by atoms with Crippen LogP contribution >= 0.6 is 0 Å². The molecule has 0 bridgehead atoms. The minimum absolute atomic E-state index is 0.0330. The third-order valence-corrected chi connectivity index (χ3v) is 4.36. The van der Waals surface area contributed by atoms with Crippen LogP contribution in [0.3, 0.4) is 0 Å². The lowest BCUT2D eigenvalue weighted by Gasteiger charge is -2.32. The summed E-state index contributed by atoms with van der Waals surface area (Å²) < 4.78 is 26.4. The molecule has 0 aliphatic heterocycles. The smallest absolute Gasteiger partial charge is 0.242 e. The zero-order valence-corrected chi connectivity index (χ0v) is 10.2. The molecular formula is C11H13N3O2S. The maximum atomic E-state index is 11.9. The van der Waals surface area contributed by atoms with Gasteiger partial charge in [0.05, 0.1) is 0 Å². The van der Waals surface area contributed by atoms with Gasteiger partial charge in [-0.2, -0.15) is 5.26 Å². The molecule has 1 saturated carbocycles. The van der Waals surface area contributed by atoms with Crippen molar-refractivity contribution in [2.75, 3.05) is 0 Å². The highest BCUT2D eigenvalue weighted by Gasteiger charge is 2.29. The van der Waals surface area contributed by atoms with Crippen LogP contribution in [-0.2, 0) is 10.0 Å². The first kappa shape index (κ1) is 12.0. The highest BCUT2D eigenvalue weighted by atomic mass is 32.2.